The highest BCUT2D eigenvalue weighted by atomic mass is 19.2. The first kappa shape index (κ1) is 17.2. The summed E-state index contributed by atoms with van der Waals surface area (Å²) >= 11 is 0. The molecule has 0 aromatic heterocycles. The van der Waals surface area contributed by atoms with Crippen molar-refractivity contribution >= 4 is 0 Å². The van der Waals surface area contributed by atoms with Crippen LogP contribution in [0, 0.1) is 30.2 Å². The molecule has 3 aromatic carbocycles. The van der Waals surface area contributed by atoms with Crippen LogP contribution in [-0.2, 0) is 6.42 Å². The van der Waals surface area contributed by atoms with E-state index in [2.05, 4.69) is 0 Å². The van der Waals surface area contributed by atoms with Gasteiger partial charge in [-0.2, -0.15) is 0 Å². The zero-order valence-electron chi connectivity index (χ0n) is 13.8. The Kier molecular flexibility index (Phi) is 4.62. The normalized spacial score (nSPS) is 11.0. The van der Waals surface area contributed by atoms with E-state index in [-0.39, 0.29) is 22.3 Å². The largest absolute Gasteiger partial charge is 0.203 e. The molecule has 0 aliphatic heterocycles. The number of rotatable bonds is 3. The van der Waals surface area contributed by atoms with Gasteiger partial charge in [-0.15, -0.1) is 0 Å². The van der Waals surface area contributed by atoms with E-state index in [9.17, 15) is 17.6 Å². The molecule has 0 saturated carbocycles. The molecule has 4 heteroatoms. The Morgan fingerprint density at radius 2 is 1.08 bits per heavy atom. The van der Waals surface area contributed by atoms with Crippen LogP contribution in [0.2, 0.25) is 0 Å². The van der Waals surface area contributed by atoms with Crippen LogP contribution in [-0.4, -0.2) is 0 Å². The van der Waals surface area contributed by atoms with Gasteiger partial charge < -0.3 is 0 Å². The maximum Gasteiger partial charge on any atom is 0.167 e. The lowest BCUT2D eigenvalue weighted by Gasteiger charge is -2.11. The van der Waals surface area contributed by atoms with Crippen molar-refractivity contribution in [2.45, 2.75) is 20.3 Å². The van der Waals surface area contributed by atoms with E-state index in [1.54, 1.807) is 12.1 Å². The zero-order valence-corrected chi connectivity index (χ0v) is 13.8. The van der Waals surface area contributed by atoms with Gasteiger partial charge in [0.1, 0.15) is 0 Å². The van der Waals surface area contributed by atoms with Gasteiger partial charge in [0, 0.05) is 16.7 Å². The van der Waals surface area contributed by atoms with E-state index in [0.29, 0.717) is 5.56 Å². The fourth-order valence-corrected chi connectivity index (χ4v) is 2.75. The minimum absolute atomic E-state index is 0.0805. The SMILES string of the molecule is CCc1ccc(-c2ccc(-c3ccc(C)c(F)c3F)c(F)c2F)cc1. The Hall–Kier alpha value is -2.62. The van der Waals surface area contributed by atoms with Crippen LogP contribution < -0.4 is 0 Å². The molecule has 0 spiro atoms. The van der Waals surface area contributed by atoms with E-state index < -0.39 is 23.3 Å². The summed E-state index contributed by atoms with van der Waals surface area (Å²) in [6, 6.07) is 12.3. The van der Waals surface area contributed by atoms with Crippen molar-refractivity contribution in [1.29, 1.82) is 0 Å². The lowest BCUT2D eigenvalue weighted by molar-refractivity contribution is 0.499. The third kappa shape index (κ3) is 3.04. The van der Waals surface area contributed by atoms with Gasteiger partial charge in [-0.25, -0.2) is 17.6 Å². The van der Waals surface area contributed by atoms with Crippen LogP contribution in [0.25, 0.3) is 22.3 Å². The zero-order chi connectivity index (χ0) is 18.1. The van der Waals surface area contributed by atoms with E-state index >= 15 is 0 Å². The predicted molar refractivity (Wildman–Crippen MR) is 91.3 cm³/mol. The summed E-state index contributed by atoms with van der Waals surface area (Å²) < 4.78 is 56.9. The fraction of sp³-hybridized carbons (Fsp3) is 0.143. The molecule has 0 fully saturated rings. The topological polar surface area (TPSA) is 0 Å². The number of hydrogen-bond acceptors (Lipinski definition) is 0. The number of halogens is 4. The lowest BCUT2D eigenvalue weighted by atomic mass is 9.97. The molecular weight excluding hydrogens is 328 g/mol. The highest BCUT2D eigenvalue weighted by Crippen LogP contribution is 2.33. The summed E-state index contributed by atoms with van der Waals surface area (Å²) in [6.45, 7) is 3.40. The summed E-state index contributed by atoms with van der Waals surface area (Å²) in [6.07, 6.45) is 0.842. The Morgan fingerprint density at radius 3 is 1.68 bits per heavy atom. The molecule has 0 aliphatic carbocycles. The maximum atomic E-state index is 14.5. The molecule has 0 radical (unpaired) electrons. The van der Waals surface area contributed by atoms with Crippen molar-refractivity contribution in [3.8, 4) is 22.3 Å². The van der Waals surface area contributed by atoms with Gasteiger partial charge in [0.15, 0.2) is 23.3 Å². The second-order valence-corrected chi connectivity index (χ2v) is 5.90. The van der Waals surface area contributed by atoms with Gasteiger partial charge in [-0.1, -0.05) is 55.5 Å². The van der Waals surface area contributed by atoms with Crippen molar-refractivity contribution in [3.63, 3.8) is 0 Å². The smallest absolute Gasteiger partial charge is 0.167 e. The Bertz CT molecular complexity index is 928. The van der Waals surface area contributed by atoms with E-state index in [4.69, 9.17) is 0 Å². The van der Waals surface area contributed by atoms with E-state index in [1.165, 1.54) is 31.2 Å². The second kappa shape index (κ2) is 6.71. The van der Waals surface area contributed by atoms with Crippen molar-refractivity contribution in [2.24, 2.45) is 0 Å². The van der Waals surface area contributed by atoms with Gasteiger partial charge in [0.2, 0.25) is 0 Å². The predicted octanol–water partition coefficient (Wildman–Crippen LogP) is 6.45. The van der Waals surface area contributed by atoms with Gasteiger partial charge in [-0.3, -0.25) is 0 Å². The average molecular weight is 344 g/mol. The quantitative estimate of drug-likeness (QED) is 0.479. The van der Waals surface area contributed by atoms with Gasteiger partial charge >= 0.3 is 0 Å². The molecule has 0 N–H and O–H groups in total. The minimum Gasteiger partial charge on any atom is -0.203 e. The number of benzene rings is 3. The standard InChI is InChI=1S/C21H16F4/c1-3-13-5-7-14(8-6-13)15-10-11-17(21(25)19(15)23)16-9-4-12(2)18(22)20(16)24/h4-11H,3H2,1-2H3. The molecular formula is C21H16F4. The first-order chi connectivity index (χ1) is 11.9. The fourth-order valence-electron chi connectivity index (χ4n) is 2.75. The lowest BCUT2D eigenvalue weighted by Crippen LogP contribution is -1.98. The maximum absolute atomic E-state index is 14.5. The molecule has 3 aromatic rings. The monoisotopic (exact) mass is 344 g/mol. The van der Waals surface area contributed by atoms with Crippen molar-refractivity contribution in [2.75, 3.05) is 0 Å². The summed E-state index contributed by atoms with van der Waals surface area (Å²) in [4.78, 5) is 0. The van der Waals surface area contributed by atoms with Gasteiger partial charge in [0.05, 0.1) is 0 Å². The van der Waals surface area contributed by atoms with Crippen molar-refractivity contribution < 1.29 is 17.6 Å². The third-order valence-electron chi connectivity index (χ3n) is 4.32. The van der Waals surface area contributed by atoms with Crippen LogP contribution >= 0.6 is 0 Å². The van der Waals surface area contributed by atoms with Crippen LogP contribution in [0.3, 0.4) is 0 Å². The Labute approximate surface area is 143 Å². The minimum atomic E-state index is -1.20. The molecule has 0 saturated heterocycles. The second-order valence-electron chi connectivity index (χ2n) is 5.90. The Morgan fingerprint density at radius 1 is 0.600 bits per heavy atom. The van der Waals surface area contributed by atoms with Gasteiger partial charge in [-0.05, 0) is 30.0 Å². The third-order valence-corrected chi connectivity index (χ3v) is 4.32. The summed E-state index contributed by atoms with van der Waals surface area (Å²) in [7, 11) is 0. The highest BCUT2D eigenvalue weighted by Gasteiger charge is 2.20. The molecule has 0 atom stereocenters. The molecule has 128 valence electrons. The van der Waals surface area contributed by atoms with Crippen molar-refractivity contribution in [3.05, 3.63) is 82.9 Å². The highest BCUT2D eigenvalue weighted by molar-refractivity contribution is 5.72. The molecule has 0 amide bonds. The number of hydrogen-bond donors (Lipinski definition) is 0. The number of aryl methyl sites for hydroxylation is 2. The molecule has 3 rings (SSSR count). The molecule has 0 nitrogen and oxygen atoms in total. The van der Waals surface area contributed by atoms with Gasteiger partial charge in [0.25, 0.3) is 0 Å². The summed E-state index contributed by atoms with van der Waals surface area (Å²) in [5.41, 5.74) is 1.19. The van der Waals surface area contributed by atoms with Crippen LogP contribution in [0.5, 0.6) is 0 Å². The first-order valence-corrected chi connectivity index (χ1v) is 7.96. The van der Waals surface area contributed by atoms with Crippen LogP contribution in [0.1, 0.15) is 18.1 Å². The van der Waals surface area contributed by atoms with Crippen LogP contribution in [0.4, 0.5) is 17.6 Å². The summed E-state index contributed by atoms with van der Waals surface area (Å²) in [5.74, 6) is -4.52. The van der Waals surface area contributed by atoms with E-state index in [0.717, 1.165) is 12.0 Å². The first-order valence-electron chi connectivity index (χ1n) is 7.96. The molecule has 0 unspecified atom stereocenters. The Balaban J connectivity index is 2.11. The van der Waals surface area contributed by atoms with E-state index in [1.807, 2.05) is 19.1 Å². The van der Waals surface area contributed by atoms with Crippen LogP contribution in [0.15, 0.2) is 48.5 Å². The molecule has 0 heterocycles. The average Bonchev–Trinajstić information content (AvgIpc) is 2.63. The molecule has 0 bridgehead atoms. The molecule has 25 heavy (non-hydrogen) atoms. The molecule has 0 aliphatic rings. The van der Waals surface area contributed by atoms with Crippen molar-refractivity contribution in [1.82, 2.24) is 0 Å². The summed E-state index contributed by atoms with van der Waals surface area (Å²) in [5, 5.41) is 0.